The minimum atomic E-state index is -3.40. The molecule has 1 heterocycles. The van der Waals surface area contributed by atoms with Crippen LogP contribution in [0.15, 0.2) is 0 Å². The number of hydrogen-bond acceptors (Lipinski definition) is 5. The number of hydrogen-bond donors (Lipinski definition) is 2. The molecule has 120 valence electrons. The average Bonchev–Trinajstić information content (AvgIpc) is 2.37. The molecule has 20 heavy (non-hydrogen) atoms. The van der Waals surface area contributed by atoms with Gasteiger partial charge in [0.2, 0.25) is 20.0 Å². The highest BCUT2D eigenvalue weighted by Crippen LogP contribution is 2.10. The van der Waals surface area contributed by atoms with E-state index in [0.29, 0.717) is 6.42 Å². The summed E-state index contributed by atoms with van der Waals surface area (Å²) in [7, 11) is -3.91. The Hall–Kier alpha value is -0.220. The molecular formula is C11H25N3O4S2. The first-order valence-corrected chi connectivity index (χ1v) is 10.1. The van der Waals surface area contributed by atoms with Crippen LogP contribution in [-0.4, -0.2) is 65.9 Å². The lowest BCUT2D eigenvalue weighted by Gasteiger charge is -2.23. The summed E-state index contributed by atoms with van der Waals surface area (Å²) in [5.41, 5.74) is 0. The summed E-state index contributed by atoms with van der Waals surface area (Å²) < 4.78 is 50.0. The smallest absolute Gasteiger partial charge is 0.214 e. The average molecular weight is 327 g/mol. The minimum absolute atomic E-state index is 0.0344. The molecule has 1 aliphatic heterocycles. The zero-order chi connectivity index (χ0) is 15.2. The Labute approximate surface area is 122 Å². The van der Waals surface area contributed by atoms with Gasteiger partial charge in [-0.1, -0.05) is 6.42 Å². The van der Waals surface area contributed by atoms with Gasteiger partial charge in [0.1, 0.15) is 0 Å². The largest absolute Gasteiger partial charge is 0.314 e. The van der Waals surface area contributed by atoms with Crippen molar-refractivity contribution in [2.75, 3.05) is 38.7 Å². The quantitative estimate of drug-likeness (QED) is 0.616. The Morgan fingerprint density at radius 3 is 2.40 bits per heavy atom. The molecule has 7 nitrogen and oxygen atoms in total. The van der Waals surface area contributed by atoms with E-state index in [2.05, 4.69) is 10.0 Å². The number of nitrogens with one attached hydrogen (secondary N) is 2. The Bertz CT molecular complexity index is 482. The molecule has 0 saturated carbocycles. The molecule has 9 heteroatoms. The van der Waals surface area contributed by atoms with Crippen LogP contribution < -0.4 is 10.0 Å². The Morgan fingerprint density at radius 2 is 1.85 bits per heavy atom. The summed E-state index contributed by atoms with van der Waals surface area (Å²) in [6, 6.07) is 0.255. The van der Waals surface area contributed by atoms with Gasteiger partial charge in [-0.25, -0.2) is 25.9 Å². The van der Waals surface area contributed by atoms with Crippen molar-refractivity contribution in [1.82, 2.24) is 14.3 Å². The lowest BCUT2D eigenvalue weighted by Crippen LogP contribution is -2.38. The lowest BCUT2D eigenvalue weighted by molar-refractivity contribution is 0.392. The second-order valence-electron chi connectivity index (χ2n) is 5.25. The molecule has 0 amide bonds. The topological polar surface area (TPSA) is 95.6 Å². The van der Waals surface area contributed by atoms with Gasteiger partial charge in [0.05, 0.1) is 11.5 Å². The first-order valence-electron chi connectivity index (χ1n) is 6.84. The maximum atomic E-state index is 11.8. The van der Waals surface area contributed by atoms with E-state index >= 15 is 0 Å². The lowest BCUT2D eigenvalue weighted by atomic mass is 10.0. The highest BCUT2D eigenvalue weighted by atomic mass is 32.2. The number of piperidine rings is 1. The van der Waals surface area contributed by atoms with Crippen LogP contribution in [0, 0.1) is 0 Å². The highest BCUT2D eigenvalue weighted by molar-refractivity contribution is 7.90. The van der Waals surface area contributed by atoms with E-state index in [4.69, 9.17) is 0 Å². The van der Waals surface area contributed by atoms with E-state index in [1.54, 1.807) is 0 Å². The number of nitrogens with zero attached hydrogens (tertiary/aromatic N) is 1. The predicted molar refractivity (Wildman–Crippen MR) is 79.5 cm³/mol. The summed E-state index contributed by atoms with van der Waals surface area (Å²) in [4.78, 5) is 0. The van der Waals surface area contributed by atoms with Crippen LogP contribution in [0.2, 0.25) is 0 Å². The molecule has 0 radical (unpaired) electrons. The van der Waals surface area contributed by atoms with Crippen LogP contribution in [0.1, 0.15) is 25.7 Å². The molecule has 1 saturated heterocycles. The normalized spacial score (nSPS) is 21.2. The van der Waals surface area contributed by atoms with Crippen LogP contribution in [0.5, 0.6) is 0 Å². The van der Waals surface area contributed by atoms with E-state index in [9.17, 15) is 16.8 Å². The summed E-state index contributed by atoms with van der Waals surface area (Å²) >= 11 is 0. The van der Waals surface area contributed by atoms with Crippen molar-refractivity contribution >= 4 is 20.0 Å². The molecule has 0 bridgehead atoms. The molecule has 0 aromatic carbocycles. The van der Waals surface area contributed by atoms with Crippen molar-refractivity contribution in [1.29, 1.82) is 0 Å². The van der Waals surface area contributed by atoms with Gasteiger partial charge in [0.25, 0.3) is 0 Å². The minimum Gasteiger partial charge on any atom is -0.314 e. The fraction of sp³-hybridized carbons (Fsp3) is 1.00. The third-order valence-electron chi connectivity index (χ3n) is 3.39. The van der Waals surface area contributed by atoms with Gasteiger partial charge in [0.15, 0.2) is 0 Å². The van der Waals surface area contributed by atoms with E-state index in [1.807, 2.05) is 0 Å². The van der Waals surface area contributed by atoms with Crippen LogP contribution in [0.3, 0.4) is 0 Å². The molecule has 1 aliphatic rings. The summed E-state index contributed by atoms with van der Waals surface area (Å²) in [6.45, 7) is 0.861. The first kappa shape index (κ1) is 17.8. The fourth-order valence-electron chi connectivity index (χ4n) is 2.05. The third kappa shape index (κ3) is 6.49. The van der Waals surface area contributed by atoms with Crippen LogP contribution in [-0.2, 0) is 20.0 Å². The number of rotatable bonds is 8. The zero-order valence-corrected chi connectivity index (χ0v) is 13.8. The van der Waals surface area contributed by atoms with E-state index in [0.717, 1.165) is 30.1 Å². The maximum absolute atomic E-state index is 11.8. The molecule has 0 spiro atoms. The van der Waals surface area contributed by atoms with E-state index in [-0.39, 0.29) is 24.1 Å². The second-order valence-corrected chi connectivity index (χ2v) is 9.48. The van der Waals surface area contributed by atoms with Crippen LogP contribution >= 0.6 is 0 Å². The summed E-state index contributed by atoms with van der Waals surface area (Å²) in [5.74, 6) is -0.187. The van der Waals surface area contributed by atoms with Crippen molar-refractivity contribution in [3.8, 4) is 0 Å². The molecule has 0 aromatic heterocycles. The Kier molecular flexibility index (Phi) is 6.86. The maximum Gasteiger partial charge on any atom is 0.214 e. The zero-order valence-electron chi connectivity index (χ0n) is 12.1. The van der Waals surface area contributed by atoms with Crippen molar-refractivity contribution in [3.05, 3.63) is 0 Å². The van der Waals surface area contributed by atoms with Crippen molar-refractivity contribution in [2.45, 2.75) is 31.7 Å². The Morgan fingerprint density at radius 1 is 1.15 bits per heavy atom. The molecule has 0 aliphatic carbocycles. The third-order valence-corrected chi connectivity index (χ3v) is 6.64. The van der Waals surface area contributed by atoms with Crippen molar-refractivity contribution < 1.29 is 16.8 Å². The molecule has 2 N–H and O–H groups in total. The van der Waals surface area contributed by atoms with Crippen LogP contribution in [0.4, 0.5) is 0 Å². The van der Waals surface area contributed by atoms with Crippen molar-refractivity contribution in [3.63, 3.8) is 0 Å². The summed E-state index contributed by atoms with van der Waals surface area (Å²) in [5, 5.41) is 3.29. The second kappa shape index (κ2) is 7.69. The highest BCUT2D eigenvalue weighted by Gasteiger charge is 2.19. The molecule has 1 fully saturated rings. The van der Waals surface area contributed by atoms with E-state index < -0.39 is 20.0 Å². The summed E-state index contributed by atoms with van der Waals surface area (Å²) in [6.07, 6.45) is 3.84. The van der Waals surface area contributed by atoms with Gasteiger partial charge in [0, 0.05) is 26.7 Å². The predicted octanol–water partition coefficient (Wildman–Crippen LogP) is -0.671. The monoisotopic (exact) mass is 327 g/mol. The molecule has 1 rings (SSSR count). The molecule has 1 unspecified atom stereocenters. The van der Waals surface area contributed by atoms with Crippen molar-refractivity contribution in [2.24, 2.45) is 0 Å². The van der Waals surface area contributed by atoms with E-state index in [1.165, 1.54) is 14.1 Å². The number of sulfonamides is 2. The van der Waals surface area contributed by atoms with Crippen LogP contribution in [0.25, 0.3) is 0 Å². The van der Waals surface area contributed by atoms with Gasteiger partial charge in [-0.05, 0) is 25.8 Å². The first-order chi connectivity index (χ1) is 9.23. The van der Waals surface area contributed by atoms with Gasteiger partial charge in [-0.3, -0.25) is 0 Å². The van der Waals surface area contributed by atoms with Gasteiger partial charge in [-0.2, -0.15) is 0 Å². The van der Waals surface area contributed by atoms with Gasteiger partial charge < -0.3 is 5.32 Å². The SMILES string of the molecule is CN(C)S(=O)(=O)CCNS(=O)(=O)CCC1CCCCN1. The fourth-order valence-corrected chi connectivity index (χ4v) is 4.06. The standard InChI is InChI=1S/C11H25N3O4S2/c1-14(2)20(17,18)10-8-13-19(15,16)9-6-11-5-3-4-7-12-11/h11-13H,3-10H2,1-2H3. The molecule has 0 aromatic rings. The van der Waals surface area contributed by atoms with Gasteiger partial charge in [-0.15, -0.1) is 0 Å². The molecule has 1 atom stereocenters. The Balaban J connectivity index is 2.31. The van der Waals surface area contributed by atoms with Gasteiger partial charge >= 0.3 is 0 Å². The molecular weight excluding hydrogens is 302 g/mol.